The normalized spacial score (nSPS) is 11.8. The molecule has 1 aromatic carbocycles. The summed E-state index contributed by atoms with van der Waals surface area (Å²) in [6, 6.07) is 7.42. The van der Waals surface area contributed by atoms with E-state index in [0.717, 1.165) is 0 Å². The van der Waals surface area contributed by atoms with Crippen LogP contribution >= 0.6 is 11.6 Å². The number of aromatic nitrogens is 1. The van der Waals surface area contributed by atoms with Crippen LogP contribution in [0.15, 0.2) is 42.7 Å². The second kappa shape index (κ2) is 8.45. The number of carbonyl (C=O) groups excluding carboxylic acids is 1. The number of rotatable bonds is 6. The molecule has 2 rings (SSSR count). The fourth-order valence-electron chi connectivity index (χ4n) is 2.07. The molecule has 1 aromatic heterocycles. The highest BCUT2D eigenvalue weighted by molar-refractivity contribution is 6.31. The van der Waals surface area contributed by atoms with Crippen LogP contribution in [0.4, 0.5) is 14.9 Å². The van der Waals surface area contributed by atoms with Gasteiger partial charge in [-0.1, -0.05) is 17.7 Å². The number of pyridine rings is 1. The predicted molar refractivity (Wildman–Crippen MR) is 86.9 cm³/mol. The molecule has 2 aromatic rings. The van der Waals surface area contributed by atoms with Crippen LogP contribution in [0.5, 0.6) is 0 Å². The molecule has 1 heterocycles. The van der Waals surface area contributed by atoms with E-state index in [1.807, 2.05) is 0 Å². The smallest absolute Gasteiger partial charge is 0.319 e. The summed E-state index contributed by atoms with van der Waals surface area (Å²) in [5.74, 6) is -0.764. The molecule has 0 aliphatic heterocycles. The van der Waals surface area contributed by atoms with Crippen molar-refractivity contribution in [3.63, 3.8) is 0 Å². The monoisotopic (exact) mass is 337 g/mol. The molecule has 1 atom stereocenters. The van der Waals surface area contributed by atoms with Crippen molar-refractivity contribution in [3.8, 4) is 0 Å². The average molecular weight is 338 g/mol. The van der Waals surface area contributed by atoms with Gasteiger partial charge in [0.25, 0.3) is 0 Å². The zero-order valence-electron chi connectivity index (χ0n) is 12.3. The van der Waals surface area contributed by atoms with Crippen molar-refractivity contribution in [1.82, 2.24) is 10.3 Å². The van der Waals surface area contributed by atoms with Crippen molar-refractivity contribution in [2.45, 2.75) is 6.42 Å². The van der Waals surface area contributed by atoms with E-state index < -0.39 is 11.8 Å². The summed E-state index contributed by atoms with van der Waals surface area (Å²) in [4.78, 5) is 15.7. The highest BCUT2D eigenvalue weighted by Gasteiger charge is 2.15. The first kappa shape index (κ1) is 17.2. The lowest BCUT2D eigenvalue weighted by Crippen LogP contribution is -2.35. The summed E-state index contributed by atoms with van der Waals surface area (Å²) in [5.41, 5.74) is 0.894. The first-order valence-corrected chi connectivity index (χ1v) is 7.46. The maximum Gasteiger partial charge on any atom is 0.319 e. The van der Waals surface area contributed by atoms with Crippen molar-refractivity contribution in [3.05, 3.63) is 59.1 Å². The zero-order chi connectivity index (χ0) is 16.7. The van der Waals surface area contributed by atoms with Gasteiger partial charge in [0.05, 0.1) is 11.9 Å². The number of nitrogens with one attached hydrogen (secondary N) is 2. The van der Waals surface area contributed by atoms with Gasteiger partial charge in [-0.25, -0.2) is 9.18 Å². The molecule has 7 heteroatoms. The summed E-state index contributed by atoms with van der Waals surface area (Å²) in [6.07, 6.45) is 3.35. The number of urea groups is 1. The van der Waals surface area contributed by atoms with Crippen molar-refractivity contribution in [2.75, 3.05) is 18.5 Å². The minimum atomic E-state index is -0.421. The second-order valence-electron chi connectivity index (χ2n) is 5.03. The van der Waals surface area contributed by atoms with Gasteiger partial charge in [0.2, 0.25) is 0 Å². The largest absolute Gasteiger partial charge is 0.396 e. The third kappa shape index (κ3) is 5.19. The predicted octanol–water partition coefficient (Wildman–Crippen LogP) is 2.85. The number of aliphatic hydroxyl groups is 1. The fourth-order valence-corrected chi connectivity index (χ4v) is 2.31. The van der Waals surface area contributed by atoms with Crippen molar-refractivity contribution < 1.29 is 14.3 Å². The lowest BCUT2D eigenvalue weighted by molar-refractivity contribution is 0.217. The fraction of sp³-hybridized carbons (Fsp3) is 0.250. The van der Waals surface area contributed by atoms with Gasteiger partial charge in [0.15, 0.2) is 0 Å². The van der Waals surface area contributed by atoms with E-state index in [9.17, 15) is 14.3 Å². The van der Waals surface area contributed by atoms with E-state index in [2.05, 4.69) is 15.6 Å². The molecule has 3 N–H and O–H groups in total. The number of benzene rings is 1. The van der Waals surface area contributed by atoms with Crippen LogP contribution in [0.25, 0.3) is 0 Å². The topological polar surface area (TPSA) is 74.2 Å². The molecule has 1 unspecified atom stereocenters. The highest BCUT2D eigenvalue weighted by Crippen LogP contribution is 2.22. The Labute approximate surface area is 138 Å². The molecular weight excluding hydrogens is 321 g/mol. The van der Waals surface area contributed by atoms with Gasteiger partial charge in [-0.2, -0.15) is 0 Å². The third-order valence-electron chi connectivity index (χ3n) is 3.28. The van der Waals surface area contributed by atoms with Crippen molar-refractivity contribution in [1.29, 1.82) is 0 Å². The number of anilines is 1. The number of nitrogens with zero attached hydrogens (tertiary/aromatic N) is 1. The molecule has 23 heavy (non-hydrogen) atoms. The van der Waals surface area contributed by atoms with Gasteiger partial charge in [-0.15, -0.1) is 0 Å². The van der Waals surface area contributed by atoms with Crippen LogP contribution < -0.4 is 10.6 Å². The molecule has 0 spiro atoms. The lowest BCUT2D eigenvalue weighted by atomic mass is 9.99. The number of hydrogen-bond acceptors (Lipinski definition) is 3. The summed E-state index contributed by atoms with van der Waals surface area (Å²) in [7, 11) is 0. The van der Waals surface area contributed by atoms with Gasteiger partial charge in [-0.05, 0) is 30.7 Å². The van der Waals surface area contributed by atoms with Gasteiger partial charge >= 0.3 is 6.03 Å². The minimum absolute atomic E-state index is 0.188. The second-order valence-corrected chi connectivity index (χ2v) is 5.44. The Morgan fingerprint density at radius 3 is 2.83 bits per heavy atom. The maximum absolute atomic E-state index is 13.8. The van der Waals surface area contributed by atoms with Crippen LogP contribution in [0.1, 0.15) is 5.56 Å². The summed E-state index contributed by atoms with van der Waals surface area (Å²) in [6.45, 7) is -0.00883. The molecular formula is C16H17ClFN3O2. The first-order chi connectivity index (χ1) is 11.1. The molecule has 0 saturated carbocycles. The van der Waals surface area contributed by atoms with Gasteiger partial charge in [-0.3, -0.25) is 4.98 Å². The molecule has 2 amide bonds. The zero-order valence-corrected chi connectivity index (χ0v) is 13.1. The average Bonchev–Trinajstić information content (AvgIpc) is 2.55. The van der Waals surface area contributed by atoms with Crippen LogP contribution in [0.3, 0.4) is 0 Å². The molecule has 0 radical (unpaired) electrons. The Hall–Kier alpha value is -2.18. The molecule has 0 fully saturated rings. The Kier molecular flexibility index (Phi) is 6.31. The van der Waals surface area contributed by atoms with E-state index in [4.69, 9.17) is 11.6 Å². The molecule has 0 bridgehead atoms. The highest BCUT2D eigenvalue weighted by atomic mass is 35.5. The SMILES string of the molecule is O=C(NCC(CO)Cc1c(F)cccc1Cl)Nc1cccnc1. The quantitative estimate of drug-likeness (QED) is 0.758. The maximum atomic E-state index is 13.8. The van der Waals surface area contributed by atoms with E-state index in [0.29, 0.717) is 16.3 Å². The summed E-state index contributed by atoms with van der Waals surface area (Å²) < 4.78 is 13.8. The van der Waals surface area contributed by atoms with E-state index in [1.54, 1.807) is 24.4 Å². The third-order valence-corrected chi connectivity index (χ3v) is 3.64. The summed E-state index contributed by atoms with van der Waals surface area (Å²) >= 11 is 5.97. The number of amides is 2. The van der Waals surface area contributed by atoms with Gasteiger partial charge in [0.1, 0.15) is 5.82 Å². The van der Waals surface area contributed by atoms with Crippen molar-refractivity contribution in [2.24, 2.45) is 5.92 Å². The van der Waals surface area contributed by atoms with Crippen molar-refractivity contribution >= 4 is 23.3 Å². The van der Waals surface area contributed by atoms with Crippen LogP contribution in [-0.4, -0.2) is 29.3 Å². The van der Waals surface area contributed by atoms with E-state index >= 15 is 0 Å². The molecule has 5 nitrogen and oxygen atoms in total. The molecule has 0 saturated heterocycles. The van der Waals surface area contributed by atoms with Crippen LogP contribution in [-0.2, 0) is 6.42 Å². The number of halogens is 2. The van der Waals surface area contributed by atoms with Gasteiger partial charge in [0, 0.05) is 35.9 Å². The van der Waals surface area contributed by atoms with Crippen LogP contribution in [0.2, 0.25) is 5.02 Å². The standard InChI is InChI=1S/C16H17ClFN3O2/c17-14-4-1-5-15(18)13(14)7-11(10-22)8-20-16(23)21-12-3-2-6-19-9-12/h1-6,9,11,22H,7-8,10H2,(H2,20,21,23). The Morgan fingerprint density at radius 1 is 1.35 bits per heavy atom. The number of hydrogen-bond donors (Lipinski definition) is 3. The van der Waals surface area contributed by atoms with E-state index in [-0.39, 0.29) is 25.5 Å². The first-order valence-electron chi connectivity index (χ1n) is 7.08. The summed E-state index contributed by atoms with van der Waals surface area (Å²) in [5, 5.41) is 15.0. The number of carbonyl (C=O) groups is 1. The Balaban J connectivity index is 1.89. The number of aliphatic hydroxyl groups excluding tert-OH is 1. The minimum Gasteiger partial charge on any atom is -0.396 e. The Bertz CT molecular complexity index is 635. The molecule has 122 valence electrons. The van der Waals surface area contributed by atoms with E-state index in [1.165, 1.54) is 18.3 Å². The van der Waals surface area contributed by atoms with Gasteiger partial charge < -0.3 is 15.7 Å². The molecule has 0 aliphatic carbocycles. The lowest BCUT2D eigenvalue weighted by Gasteiger charge is -2.16. The molecule has 0 aliphatic rings. The van der Waals surface area contributed by atoms with Crippen LogP contribution in [0, 0.1) is 11.7 Å². The Morgan fingerprint density at radius 2 is 2.17 bits per heavy atom.